The van der Waals surface area contributed by atoms with Crippen LogP contribution in [0.2, 0.25) is 0 Å². The van der Waals surface area contributed by atoms with Crippen molar-refractivity contribution in [3.05, 3.63) is 18.2 Å². The molecule has 0 spiro atoms. The summed E-state index contributed by atoms with van der Waals surface area (Å²) in [5.41, 5.74) is 0. The van der Waals surface area contributed by atoms with Gasteiger partial charge in [0, 0.05) is 19.1 Å². The SMILES string of the molecule is COc1ccc(S(=O)(=O)N2CCOCC2)cc1S(=O)(=O)N1[C@@H](C(=O)O)C[C@H]2CCC[C@H]21. The number of aliphatic carboxylic acids is 1. The molecule has 2 saturated heterocycles. The molecule has 4 rings (SSSR count). The quantitative estimate of drug-likeness (QED) is 0.639. The average Bonchev–Trinajstić information content (AvgIpc) is 3.35. The van der Waals surface area contributed by atoms with Crippen LogP contribution in [0.5, 0.6) is 5.75 Å². The molecule has 12 heteroatoms. The Labute approximate surface area is 181 Å². The number of carboxylic acid groups (broad SMARTS) is 1. The highest BCUT2D eigenvalue weighted by Gasteiger charge is 2.52. The van der Waals surface area contributed by atoms with Crippen LogP contribution in [-0.4, -0.2) is 82.0 Å². The molecule has 0 amide bonds. The maximum atomic E-state index is 13.7. The highest BCUT2D eigenvalue weighted by Crippen LogP contribution is 2.45. The Bertz CT molecular complexity index is 1070. The fraction of sp³-hybridized carbons (Fsp3) is 0.632. The molecule has 1 aromatic rings. The second-order valence-corrected chi connectivity index (χ2v) is 11.8. The van der Waals surface area contributed by atoms with Crippen molar-refractivity contribution in [2.75, 3.05) is 33.4 Å². The number of methoxy groups -OCH3 is 1. The van der Waals surface area contributed by atoms with Crippen LogP contribution in [0.15, 0.2) is 28.0 Å². The molecule has 3 aliphatic rings. The number of sulfonamides is 2. The first-order valence-corrected chi connectivity index (χ1v) is 13.1. The van der Waals surface area contributed by atoms with E-state index in [0.29, 0.717) is 6.42 Å². The van der Waals surface area contributed by atoms with Gasteiger partial charge >= 0.3 is 5.97 Å². The van der Waals surface area contributed by atoms with Crippen LogP contribution in [0.1, 0.15) is 25.7 Å². The molecule has 3 atom stereocenters. The number of fused-ring (bicyclic) bond motifs is 1. The van der Waals surface area contributed by atoms with Crippen LogP contribution >= 0.6 is 0 Å². The van der Waals surface area contributed by atoms with Crippen molar-refractivity contribution in [1.29, 1.82) is 0 Å². The normalized spacial score (nSPS) is 27.8. The zero-order valence-electron chi connectivity index (χ0n) is 17.1. The molecular weight excluding hydrogens is 448 g/mol. The molecule has 1 saturated carbocycles. The van der Waals surface area contributed by atoms with Crippen molar-refractivity contribution >= 4 is 26.0 Å². The third kappa shape index (κ3) is 3.84. The van der Waals surface area contributed by atoms with Gasteiger partial charge in [-0.2, -0.15) is 8.61 Å². The van der Waals surface area contributed by atoms with Crippen molar-refractivity contribution in [3.63, 3.8) is 0 Å². The number of hydrogen-bond acceptors (Lipinski definition) is 7. The lowest BCUT2D eigenvalue weighted by Crippen LogP contribution is -2.45. The number of carbonyl (C=O) groups is 1. The summed E-state index contributed by atoms with van der Waals surface area (Å²) in [5.74, 6) is -1.23. The Kier molecular flexibility index (Phi) is 6.03. The van der Waals surface area contributed by atoms with Gasteiger partial charge in [-0.1, -0.05) is 6.42 Å². The summed E-state index contributed by atoms with van der Waals surface area (Å²) in [5, 5.41) is 9.68. The first-order chi connectivity index (χ1) is 14.7. The summed E-state index contributed by atoms with van der Waals surface area (Å²) < 4.78 is 66.2. The summed E-state index contributed by atoms with van der Waals surface area (Å²) in [6, 6.07) is 2.11. The highest BCUT2D eigenvalue weighted by molar-refractivity contribution is 7.90. The molecule has 0 unspecified atom stereocenters. The summed E-state index contributed by atoms with van der Waals surface area (Å²) in [6.45, 7) is 0.871. The summed E-state index contributed by atoms with van der Waals surface area (Å²) in [4.78, 5) is 11.3. The minimum absolute atomic E-state index is 0.0119. The number of benzene rings is 1. The van der Waals surface area contributed by atoms with Crippen molar-refractivity contribution in [2.24, 2.45) is 5.92 Å². The maximum absolute atomic E-state index is 13.7. The highest BCUT2D eigenvalue weighted by atomic mass is 32.2. The predicted octanol–water partition coefficient (Wildman–Crippen LogP) is 0.732. The van der Waals surface area contributed by atoms with Gasteiger partial charge in [0.2, 0.25) is 20.0 Å². The Morgan fingerprint density at radius 2 is 1.84 bits per heavy atom. The van der Waals surface area contributed by atoms with Crippen molar-refractivity contribution in [2.45, 2.75) is 47.6 Å². The molecule has 1 N–H and O–H groups in total. The van der Waals surface area contributed by atoms with E-state index in [1.54, 1.807) is 0 Å². The molecule has 31 heavy (non-hydrogen) atoms. The van der Waals surface area contributed by atoms with Gasteiger partial charge in [0.15, 0.2) is 0 Å². The van der Waals surface area contributed by atoms with Gasteiger partial charge in [-0.15, -0.1) is 0 Å². The van der Waals surface area contributed by atoms with E-state index in [1.807, 2.05) is 0 Å². The van der Waals surface area contributed by atoms with E-state index in [1.165, 1.54) is 23.5 Å². The van der Waals surface area contributed by atoms with Crippen molar-refractivity contribution in [1.82, 2.24) is 8.61 Å². The van der Waals surface area contributed by atoms with Gasteiger partial charge in [0.05, 0.1) is 25.2 Å². The Balaban J connectivity index is 1.79. The Morgan fingerprint density at radius 3 is 2.48 bits per heavy atom. The largest absolute Gasteiger partial charge is 0.495 e. The van der Waals surface area contributed by atoms with Gasteiger partial charge in [-0.3, -0.25) is 4.79 Å². The number of ether oxygens (including phenoxy) is 2. The van der Waals surface area contributed by atoms with Crippen LogP contribution in [0, 0.1) is 5.92 Å². The number of nitrogens with zero attached hydrogens (tertiary/aromatic N) is 2. The molecule has 2 heterocycles. The standard InChI is InChI=1S/C19H26N2O8S2/c1-28-17-6-5-14(30(24,25)20-7-9-29-10-8-20)12-18(17)31(26,27)21-15-4-2-3-13(15)11-16(21)19(22)23/h5-6,12-13,15-16H,2-4,7-11H2,1H3,(H,22,23)/t13-,15-,16-/m1/s1. The van der Waals surface area contributed by atoms with Gasteiger partial charge in [-0.05, 0) is 43.4 Å². The number of carboxylic acids is 1. The lowest BCUT2D eigenvalue weighted by Gasteiger charge is -2.28. The van der Waals surface area contributed by atoms with Gasteiger partial charge in [-0.25, -0.2) is 16.8 Å². The van der Waals surface area contributed by atoms with E-state index in [4.69, 9.17) is 9.47 Å². The first kappa shape index (κ1) is 22.5. The van der Waals surface area contributed by atoms with Gasteiger partial charge in [0.25, 0.3) is 0 Å². The predicted molar refractivity (Wildman–Crippen MR) is 109 cm³/mol. The second-order valence-electron chi connectivity index (χ2n) is 8.01. The number of rotatable bonds is 6. The topological polar surface area (TPSA) is 131 Å². The van der Waals surface area contributed by atoms with E-state index in [2.05, 4.69) is 0 Å². The van der Waals surface area contributed by atoms with Crippen LogP contribution in [0.4, 0.5) is 0 Å². The summed E-state index contributed by atoms with van der Waals surface area (Å²) in [7, 11) is -6.97. The summed E-state index contributed by atoms with van der Waals surface area (Å²) in [6.07, 6.45) is 2.45. The molecule has 2 aliphatic heterocycles. The zero-order valence-corrected chi connectivity index (χ0v) is 18.8. The van der Waals surface area contributed by atoms with Crippen molar-refractivity contribution < 1.29 is 36.2 Å². The van der Waals surface area contributed by atoms with Gasteiger partial charge < -0.3 is 14.6 Å². The van der Waals surface area contributed by atoms with Crippen LogP contribution in [0.25, 0.3) is 0 Å². The fourth-order valence-corrected chi connectivity index (χ4v) is 8.44. The molecule has 172 valence electrons. The minimum atomic E-state index is -4.32. The average molecular weight is 475 g/mol. The monoisotopic (exact) mass is 474 g/mol. The minimum Gasteiger partial charge on any atom is -0.495 e. The van der Waals surface area contributed by atoms with E-state index in [0.717, 1.165) is 23.2 Å². The summed E-state index contributed by atoms with van der Waals surface area (Å²) >= 11 is 0. The molecule has 0 radical (unpaired) electrons. The molecular formula is C19H26N2O8S2. The molecule has 0 bridgehead atoms. The van der Waals surface area contributed by atoms with E-state index in [-0.39, 0.29) is 54.2 Å². The lowest BCUT2D eigenvalue weighted by molar-refractivity contribution is -0.141. The molecule has 0 aromatic heterocycles. The maximum Gasteiger partial charge on any atom is 0.322 e. The Morgan fingerprint density at radius 1 is 1.13 bits per heavy atom. The molecule has 3 fully saturated rings. The van der Waals surface area contributed by atoms with Crippen LogP contribution < -0.4 is 4.74 Å². The number of hydrogen-bond donors (Lipinski definition) is 1. The van der Waals surface area contributed by atoms with Crippen LogP contribution in [0.3, 0.4) is 0 Å². The second kappa shape index (κ2) is 8.32. The fourth-order valence-electron chi connectivity index (χ4n) is 4.87. The van der Waals surface area contributed by atoms with E-state index >= 15 is 0 Å². The van der Waals surface area contributed by atoms with E-state index in [9.17, 15) is 26.7 Å². The van der Waals surface area contributed by atoms with E-state index < -0.39 is 38.1 Å². The molecule has 10 nitrogen and oxygen atoms in total. The van der Waals surface area contributed by atoms with Gasteiger partial charge in [0.1, 0.15) is 16.7 Å². The molecule has 1 aliphatic carbocycles. The molecule has 1 aromatic carbocycles. The smallest absolute Gasteiger partial charge is 0.322 e. The third-order valence-electron chi connectivity index (χ3n) is 6.36. The Hall–Kier alpha value is -1.73. The lowest BCUT2D eigenvalue weighted by atomic mass is 10.0. The number of morpholine rings is 1. The van der Waals surface area contributed by atoms with Crippen molar-refractivity contribution in [3.8, 4) is 5.75 Å². The first-order valence-electron chi connectivity index (χ1n) is 10.2. The third-order valence-corrected chi connectivity index (χ3v) is 10.2. The zero-order chi connectivity index (χ0) is 22.4. The van der Waals surface area contributed by atoms with Crippen LogP contribution in [-0.2, 0) is 29.6 Å².